The van der Waals surface area contributed by atoms with Gasteiger partial charge in [-0.05, 0) is 30.3 Å². The van der Waals surface area contributed by atoms with E-state index in [-0.39, 0.29) is 21.8 Å². The Labute approximate surface area is 122 Å². The average molecular weight is 320 g/mol. The Bertz CT molecular complexity index is 673. The summed E-state index contributed by atoms with van der Waals surface area (Å²) >= 11 is 5.59. The summed E-state index contributed by atoms with van der Waals surface area (Å²) in [6.07, 6.45) is -6.20. The van der Waals surface area contributed by atoms with Gasteiger partial charge in [0.2, 0.25) is 0 Å². The average Bonchev–Trinajstić information content (AvgIpc) is 2.37. The Hall–Kier alpha value is -1.79. The van der Waals surface area contributed by atoms with E-state index < -0.39 is 23.7 Å². The van der Waals surface area contributed by atoms with Crippen LogP contribution in [0.3, 0.4) is 0 Å². The van der Waals surface area contributed by atoms with Crippen molar-refractivity contribution in [2.75, 3.05) is 5.73 Å². The highest BCUT2D eigenvalue weighted by atomic mass is 35.5. The second-order valence-electron chi connectivity index (χ2n) is 4.41. The molecule has 3 N–H and O–H groups in total. The van der Waals surface area contributed by atoms with Crippen molar-refractivity contribution in [2.45, 2.75) is 12.3 Å². The van der Waals surface area contributed by atoms with Crippen LogP contribution in [0, 0.1) is 5.82 Å². The number of nitrogen functional groups attached to an aromatic ring is 1. The second kappa shape index (κ2) is 5.54. The molecule has 0 radical (unpaired) electrons. The molecule has 7 heteroatoms. The summed E-state index contributed by atoms with van der Waals surface area (Å²) in [7, 11) is 0. The van der Waals surface area contributed by atoms with E-state index in [9.17, 15) is 22.7 Å². The normalized spacial score (nSPS) is 13.2. The first-order valence-corrected chi connectivity index (χ1v) is 6.17. The molecule has 2 nitrogen and oxygen atoms in total. The fourth-order valence-corrected chi connectivity index (χ4v) is 2.04. The zero-order valence-electron chi connectivity index (χ0n) is 10.5. The molecular formula is C14H10ClF4NO. The summed E-state index contributed by atoms with van der Waals surface area (Å²) in [4.78, 5) is 0. The molecule has 112 valence electrons. The smallest absolute Gasteiger partial charge is 0.398 e. The van der Waals surface area contributed by atoms with Crippen LogP contribution in [0.1, 0.15) is 22.8 Å². The van der Waals surface area contributed by atoms with E-state index in [2.05, 4.69) is 0 Å². The van der Waals surface area contributed by atoms with Crippen molar-refractivity contribution < 1.29 is 22.7 Å². The van der Waals surface area contributed by atoms with Crippen LogP contribution in [-0.2, 0) is 6.18 Å². The molecule has 0 aromatic heterocycles. The van der Waals surface area contributed by atoms with Crippen molar-refractivity contribution in [3.8, 4) is 0 Å². The summed E-state index contributed by atoms with van der Waals surface area (Å²) < 4.78 is 51.8. The summed E-state index contributed by atoms with van der Waals surface area (Å²) in [6, 6.07) is 6.01. The van der Waals surface area contributed by atoms with Gasteiger partial charge in [0.1, 0.15) is 11.9 Å². The van der Waals surface area contributed by atoms with Gasteiger partial charge in [0.25, 0.3) is 0 Å². The SMILES string of the molecule is Nc1ccc(C(F)(F)F)cc1C(O)c1ccc(Cl)cc1F. The molecule has 2 rings (SSSR count). The first-order valence-electron chi connectivity index (χ1n) is 5.80. The summed E-state index contributed by atoms with van der Waals surface area (Å²) in [5.41, 5.74) is 4.12. The number of hydrogen-bond acceptors (Lipinski definition) is 2. The Morgan fingerprint density at radius 3 is 2.29 bits per heavy atom. The number of hydrogen-bond donors (Lipinski definition) is 2. The van der Waals surface area contributed by atoms with Crippen LogP contribution in [0.4, 0.5) is 23.2 Å². The highest BCUT2D eigenvalue weighted by molar-refractivity contribution is 6.30. The monoisotopic (exact) mass is 319 g/mol. The third-order valence-electron chi connectivity index (χ3n) is 2.97. The summed E-state index contributed by atoms with van der Waals surface area (Å²) in [5.74, 6) is -0.827. The van der Waals surface area contributed by atoms with Crippen LogP contribution in [-0.4, -0.2) is 5.11 Å². The Morgan fingerprint density at radius 1 is 1.05 bits per heavy atom. The molecule has 0 spiro atoms. The molecule has 2 aromatic rings. The molecule has 0 aliphatic carbocycles. The zero-order valence-corrected chi connectivity index (χ0v) is 11.2. The molecule has 0 heterocycles. The largest absolute Gasteiger partial charge is 0.416 e. The van der Waals surface area contributed by atoms with Crippen molar-refractivity contribution in [2.24, 2.45) is 0 Å². The molecule has 0 aliphatic rings. The molecule has 0 saturated heterocycles. The molecule has 1 unspecified atom stereocenters. The lowest BCUT2D eigenvalue weighted by molar-refractivity contribution is -0.137. The maximum Gasteiger partial charge on any atom is 0.416 e. The van der Waals surface area contributed by atoms with Gasteiger partial charge in [0.15, 0.2) is 0 Å². The number of benzene rings is 2. The van der Waals surface area contributed by atoms with E-state index in [1.165, 1.54) is 12.1 Å². The van der Waals surface area contributed by atoms with E-state index in [0.717, 1.165) is 18.2 Å². The number of anilines is 1. The molecule has 1 atom stereocenters. The lowest BCUT2D eigenvalue weighted by Gasteiger charge is -2.17. The molecule has 21 heavy (non-hydrogen) atoms. The molecular weight excluding hydrogens is 310 g/mol. The quantitative estimate of drug-likeness (QED) is 0.645. The van der Waals surface area contributed by atoms with Crippen molar-refractivity contribution in [1.29, 1.82) is 0 Å². The first kappa shape index (κ1) is 15.6. The van der Waals surface area contributed by atoms with Crippen molar-refractivity contribution in [3.05, 3.63) is 63.9 Å². The van der Waals surface area contributed by atoms with Crippen LogP contribution in [0.25, 0.3) is 0 Å². The lowest BCUT2D eigenvalue weighted by Crippen LogP contribution is -2.10. The maximum absolute atomic E-state index is 13.7. The van der Waals surface area contributed by atoms with E-state index in [1.807, 2.05) is 0 Å². The van der Waals surface area contributed by atoms with Gasteiger partial charge in [0.05, 0.1) is 5.56 Å². The topological polar surface area (TPSA) is 46.2 Å². The van der Waals surface area contributed by atoms with Gasteiger partial charge in [-0.1, -0.05) is 17.7 Å². The number of aliphatic hydroxyl groups excluding tert-OH is 1. The van der Waals surface area contributed by atoms with Crippen LogP contribution < -0.4 is 5.73 Å². The molecule has 0 fully saturated rings. The summed E-state index contributed by atoms with van der Waals surface area (Å²) in [5, 5.41) is 10.2. The van der Waals surface area contributed by atoms with Crippen molar-refractivity contribution in [3.63, 3.8) is 0 Å². The van der Waals surface area contributed by atoms with Gasteiger partial charge in [-0.15, -0.1) is 0 Å². The highest BCUT2D eigenvalue weighted by Gasteiger charge is 2.32. The minimum Gasteiger partial charge on any atom is -0.398 e. The predicted molar refractivity (Wildman–Crippen MR) is 71.3 cm³/mol. The van der Waals surface area contributed by atoms with E-state index >= 15 is 0 Å². The van der Waals surface area contributed by atoms with Crippen LogP contribution in [0.2, 0.25) is 5.02 Å². The third-order valence-corrected chi connectivity index (χ3v) is 3.20. The fourth-order valence-electron chi connectivity index (χ4n) is 1.88. The number of aliphatic hydroxyl groups is 1. The minimum atomic E-state index is -4.58. The molecule has 0 amide bonds. The Kier molecular flexibility index (Phi) is 4.11. The number of alkyl halides is 3. The van der Waals surface area contributed by atoms with Gasteiger partial charge in [-0.2, -0.15) is 13.2 Å². The van der Waals surface area contributed by atoms with Gasteiger partial charge >= 0.3 is 6.18 Å². The van der Waals surface area contributed by atoms with Crippen molar-refractivity contribution in [1.82, 2.24) is 0 Å². The number of halogens is 5. The number of nitrogens with two attached hydrogens (primary N) is 1. The third kappa shape index (κ3) is 3.28. The van der Waals surface area contributed by atoms with Crippen LogP contribution >= 0.6 is 11.6 Å². The summed E-state index contributed by atoms with van der Waals surface area (Å²) in [6.45, 7) is 0. The molecule has 2 aromatic carbocycles. The van der Waals surface area contributed by atoms with Gasteiger partial charge in [-0.25, -0.2) is 4.39 Å². The lowest BCUT2D eigenvalue weighted by atomic mass is 9.97. The van der Waals surface area contributed by atoms with E-state index in [4.69, 9.17) is 17.3 Å². The Balaban J connectivity index is 2.50. The Morgan fingerprint density at radius 2 is 1.71 bits per heavy atom. The van der Waals surface area contributed by atoms with E-state index in [0.29, 0.717) is 6.07 Å². The van der Waals surface area contributed by atoms with Crippen LogP contribution in [0.15, 0.2) is 36.4 Å². The molecule has 0 aliphatic heterocycles. The highest BCUT2D eigenvalue weighted by Crippen LogP contribution is 2.35. The van der Waals surface area contributed by atoms with Crippen molar-refractivity contribution >= 4 is 17.3 Å². The second-order valence-corrected chi connectivity index (χ2v) is 4.85. The fraction of sp³-hybridized carbons (Fsp3) is 0.143. The first-order chi connectivity index (χ1) is 9.70. The maximum atomic E-state index is 13.7. The van der Waals surface area contributed by atoms with Gasteiger partial charge in [-0.3, -0.25) is 0 Å². The number of rotatable bonds is 2. The standard InChI is InChI=1S/C14H10ClF4NO/c15-8-2-3-9(11(16)6-8)13(21)10-5-7(14(17,18)19)1-4-12(10)20/h1-6,13,21H,20H2. The zero-order chi connectivity index (χ0) is 15.8. The van der Waals surface area contributed by atoms with Gasteiger partial charge < -0.3 is 10.8 Å². The van der Waals surface area contributed by atoms with E-state index in [1.54, 1.807) is 0 Å². The van der Waals surface area contributed by atoms with Crippen LogP contribution in [0.5, 0.6) is 0 Å². The van der Waals surface area contributed by atoms with Gasteiger partial charge in [0, 0.05) is 21.8 Å². The predicted octanol–water partition coefficient (Wildman–Crippen LogP) is 4.16. The molecule has 0 saturated carbocycles. The molecule has 0 bridgehead atoms. The minimum absolute atomic E-state index is 0.0650.